The van der Waals surface area contributed by atoms with Gasteiger partial charge < -0.3 is 14.8 Å². The van der Waals surface area contributed by atoms with Crippen molar-refractivity contribution in [3.63, 3.8) is 0 Å². The van der Waals surface area contributed by atoms with Gasteiger partial charge in [0.15, 0.2) is 0 Å². The molecular weight excluding hydrogens is 369 g/mol. The molecule has 0 aliphatic rings. The van der Waals surface area contributed by atoms with Crippen LogP contribution in [0.15, 0.2) is 36.4 Å². The van der Waals surface area contributed by atoms with Crippen LogP contribution in [-0.2, 0) is 9.47 Å². The highest BCUT2D eigenvalue weighted by Crippen LogP contribution is 2.26. The van der Waals surface area contributed by atoms with Crippen molar-refractivity contribution in [2.24, 2.45) is 0 Å². The molecule has 2 rings (SSSR count). The highest BCUT2D eigenvalue weighted by molar-refractivity contribution is 6.44. The van der Waals surface area contributed by atoms with Gasteiger partial charge >= 0.3 is 11.9 Å². The summed E-state index contributed by atoms with van der Waals surface area (Å²) in [5, 5.41) is 2.89. The number of esters is 2. The van der Waals surface area contributed by atoms with Gasteiger partial charge in [-0.05, 0) is 30.3 Å². The predicted octanol–water partition coefficient (Wildman–Crippen LogP) is 3.82. The van der Waals surface area contributed by atoms with E-state index >= 15 is 0 Å². The van der Waals surface area contributed by atoms with Crippen molar-refractivity contribution in [1.29, 1.82) is 0 Å². The Morgan fingerprint density at radius 1 is 0.920 bits per heavy atom. The second-order valence-corrected chi connectivity index (χ2v) is 5.62. The molecule has 0 saturated heterocycles. The fraction of sp³-hybridized carbons (Fsp3) is 0.118. The molecule has 0 saturated carbocycles. The molecule has 0 atom stereocenters. The molecule has 0 bridgehead atoms. The van der Waals surface area contributed by atoms with Crippen molar-refractivity contribution in [3.05, 3.63) is 63.1 Å². The van der Waals surface area contributed by atoms with Gasteiger partial charge in [-0.2, -0.15) is 0 Å². The first-order chi connectivity index (χ1) is 11.9. The third-order valence-electron chi connectivity index (χ3n) is 3.23. The molecule has 0 heterocycles. The van der Waals surface area contributed by atoms with Crippen LogP contribution in [-0.4, -0.2) is 32.1 Å². The summed E-state index contributed by atoms with van der Waals surface area (Å²) in [6.45, 7) is 0. The average Bonchev–Trinajstić information content (AvgIpc) is 2.62. The van der Waals surface area contributed by atoms with Crippen LogP contribution in [0.2, 0.25) is 10.0 Å². The highest BCUT2D eigenvalue weighted by Gasteiger charge is 2.17. The Morgan fingerprint density at radius 2 is 1.48 bits per heavy atom. The number of anilines is 1. The summed E-state index contributed by atoms with van der Waals surface area (Å²) in [6, 6.07) is 8.67. The molecule has 1 amide bonds. The summed E-state index contributed by atoms with van der Waals surface area (Å²) in [5.41, 5.74) is 0.511. The van der Waals surface area contributed by atoms with Crippen LogP contribution in [0.5, 0.6) is 0 Å². The second kappa shape index (κ2) is 8.00. The average molecular weight is 382 g/mol. The van der Waals surface area contributed by atoms with Crippen molar-refractivity contribution in [3.8, 4) is 0 Å². The largest absolute Gasteiger partial charge is 0.465 e. The van der Waals surface area contributed by atoms with E-state index in [0.717, 1.165) is 0 Å². The summed E-state index contributed by atoms with van der Waals surface area (Å²) in [4.78, 5) is 35.9. The fourth-order valence-electron chi connectivity index (χ4n) is 2.05. The Morgan fingerprint density at radius 3 is 2.00 bits per heavy atom. The lowest BCUT2D eigenvalue weighted by Crippen LogP contribution is -2.14. The summed E-state index contributed by atoms with van der Waals surface area (Å²) in [7, 11) is 2.41. The topological polar surface area (TPSA) is 81.7 Å². The van der Waals surface area contributed by atoms with Crippen LogP contribution < -0.4 is 5.32 Å². The van der Waals surface area contributed by atoms with Gasteiger partial charge in [-0.15, -0.1) is 0 Å². The summed E-state index contributed by atoms with van der Waals surface area (Å²) >= 11 is 11.9. The van der Waals surface area contributed by atoms with Crippen LogP contribution in [0.1, 0.15) is 31.1 Å². The van der Waals surface area contributed by atoms with E-state index in [9.17, 15) is 14.4 Å². The van der Waals surface area contributed by atoms with Gasteiger partial charge in [-0.25, -0.2) is 9.59 Å². The quantitative estimate of drug-likeness (QED) is 0.814. The van der Waals surface area contributed by atoms with E-state index in [2.05, 4.69) is 14.8 Å². The molecule has 25 heavy (non-hydrogen) atoms. The highest BCUT2D eigenvalue weighted by atomic mass is 35.5. The second-order valence-electron chi connectivity index (χ2n) is 4.84. The van der Waals surface area contributed by atoms with E-state index in [1.165, 1.54) is 38.5 Å². The number of ether oxygens (including phenoxy) is 2. The molecule has 2 aromatic rings. The van der Waals surface area contributed by atoms with Gasteiger partial charge in [0.05, 0.1) is 41.0 Å². The first-order valence-corrected chi connectivity index (χ1v) is 7.70. The molecule has 2 aromatic carbocycles. The lowest BCUT2D eigenvalue weighted by molar-refractivity contribution is 0.0599. The Labute approximate surface area is 153 Å². The number of amides is 1. The number of benzene rings is 2. The van der Waals surface area contributed by atoms with E-state index in [0.29, 0.717) is 0 Å². The molecule has 8 heteroatoms. The maximum Gasteiger partial charge on any atom is 0.337 e. The fourth-order valence-corrected chi connectivity index (χ4v) is 2.44. The van der Waals surface area contributed by atoms with Crippen molar-refractivity contribution >= 4 is 46.7 Å². The smallest absolute Gasteiger partial charge is 0.337 e. The van der Waals surface area contributed by atoms with Crippen LogP contribution in [0, 0.1) is 0 Å². The monoisotopic (exact) mass is 381 g/mol. The molecule has 0 aliphatic carbocycles. The van der Waals surface area contributed by atoms with Gasteiger partial charge in [0, 0.05) is 5.69 Å². The zero-order chi connectivity index (χ0) is 18.6. The van der Waals surface area contributed by atoms with Crippen molar-refractivity contribution < 1.29 is 23.9 Å². The number of halogens is 2. The van der Waals surface area contributed by atoms with E-state index in [-0.39, 0.29) is 32.4 Å². The minimum atomic E-state index is -0.665. The van der Waals surface area contributed by atoms with E-state index in [1.54, 1.807) is 12.1 Å². The number of hydrogen-bond donors (Lipinski definition) is 1. The third kappa shape index (κ3) is 4.29. The van der Waals surface area contributed by atoms with Gasteiger partial charge in [0.1, 0.15) is 0 Å². The predicted molar refractivity (Wildman–Crippen MR) is 93.5 cm³/mol. The molecule has 6 nitrogen and oxygen atoms in total. The number of carbonyl (C=O) groups excluding carboxylic acids is 3. The number of nitrogens with one attached hydrogen (secondary N) is 1. The molecule has 0 spiro atoms. The minimum absolute atomic E-state index is 0.0814. The van der Waals surface area contributed by atoms with Crippen LogP contribution in [0.4, 0.5) is 5.69 Å². The molecule has 1 N–H and O–H groups in total. The maximum atomic E-state index is 12.4. The molecular formula is C17H13Cl2NO5. The standard InChI is InChI=1S/C17H13Cl2NO5/c1-24-16(22)9-6-10(17(23)25-2)8-11(7-9)20-15(21)12-4-3-5-13(18)14(12)19/h3-8H,1-2H3,(H,20,21). The van der Waals surface area contributed by atoms with E-state index < -0.39 is 17.8 Å². The normalized spacial score (nSPS) is 10.1. The Hall–Kier alpha value is -2.57. The van der Waals surface area contributed by atoms with E-state index in [1.807, 2.05) is 0 Å². The van der Waals surface area contributed by atoms with Crippen molar-refractivity contribution in [1.82, 2.24) is 0 Å². The maximum absolute atomic E-state index is 12.4. The Balaban J connectivity index is 2.40. The molecule has 130 valence electrons. The zero-order valence-corrected chi connectivity index (χ0v) is 14.8. The van der Waals surface area contributed by atoms with Gasteiger partial charge in [0.2, 0.25) is 0 Å². The number of hydrogen-bond acceptors (Lipinski definition) is 5. The van der Waals surface area contributed by atoms with Crippen LogP contribution >= 0.6 is 23.2 Å². The SMILES string of the molecule is COC(=O)c1cc(NC(=O)c2cccc(Cl)c2Cl)cc(C(=O)OC)c1. The Bertz CT molecular complexity index is 817. The molecule has 0 fully saturated rings. The first kappa shape index (κ1) is 18.8. The summed E-state index contributed by atoms with van der Waals surface area (Å²) in [5.74, 6) is -1.88. The van der Waals surface area contributed by atoms with Gasteiger partial charge in [-0.3, -0.25) is 4.79 Å². The van der Waals surface area contributed by atoms with Gasteiger partial charge in [0.25, 0.3) is 5.91 Å². The summed E-state index contributed by atoms with van der Waals surface area (Å²) < 4.78 is 9.28. The Kier molecular flexibility index (Phi) is 6.01. The van der Waals surface area contributed by atoms with E-state index in [4.69, 9.17) is 23.2 Å². The lowest BCUT2D eigenvalue weighted by atomic mass is 10.1. The molecule has 0 radical (unpaired) electrons. The third-order valence-corrected chi connectivity index (χ3v) is 4.05. The van der Waals surface area contributed by atoms with Gasteiger partial charge in [-0.1, -0.05) is 29.3 Å². The number of methoxy groups -OCH3 is 2. The molecule has 0 aliphatic heterocycles. The molecule has 0 unspecified atom stereocenters. The lowest BCUT2D eigenvalue weighted by Gasteiger charge is -2.10. The number of carbonyl (C=O) groups is 3. The zero-order valence-electron chi connectivity index (χ0n) is 13.3. The minimum Gasteiger partial charge on any atom is -0.465 e. The van der Waals surface area contributed by atoms with Crippen LogP contribution in [0.3, 0.4) is 0 Å². The van der Waals surface area contributed by atoms with Crippen LogP contribution in [0.25, 0.3) is 0 Å². The molecule has 0 aromatic heterocycles. The van der Waals surface area contributed by atoms with Crippen molar-refractivity contribution in [2.45, 2.75) is 0 Å². The van der Waals surface area contributed by atoms with Crippen molar-refractivity contribution in [2.75, 3.05) is 19.5 Å². The number of rotatable bonds is 4. The first-order valence-electron chi connectivity index (χ1n) is 6.94. The summed E-state index contributed by atoms with van der Waals surface area (Å²) in [6.07, 6.45) is 0.